The minimum Gasteiger partial charge on any atom is -0.407 e. The molecule has 1 aromatic rings. The fraction of sp³-hybridized carbons (Fsp3) is 0.750. The first-order valence-corrected chi connectivity index (χ1v) is 4.48. The average molecular weight is 182 g/mol. The van der Waals surface area contributed by atoms with Crippen molar-refractivity contribution in [1.29, 1.82) is 0 Å². The summed E-state index contributed by atoms with van der Waals surface area (Å²) in [5, 5.41) is 7.87. The van der Waals surface area contributed by atoms with E-state index in [1.807, 2.05) is 19.0 Å². The third kappa shape index (κ3) is 1.80. The Morgan fingerprint density at radius 1 is 1.38 bits per heavy atom. The van der Waals surface area contributed by atoms with Crippen molar-refractivity contribution in [2.75, 3.05) is 32.1 Å². The molecule has 0 amide bonds. The van der Waals surface area contributed by atoms with Crippen LogP contribution in [0.25, 0.3) is 0 Å². The van der Waals surface area contributed by atoms with Crippen LogP contribution < -0.4 is 4.90 Å². The van der Waals surface area contributed by atoms with Crippen LogP contribution in [0.1, 0.15) is 12.3 Å². The summed E-state index contributed by atoms with van der Waals surface area (Å²) in [5.41, 5.74) is 0. The molecule has 0 radical (unpaired) electrons. The lowest BCUT2D eigenvalue weighted by atomic mass is 10.2. The summed E-state index contributed by atoms with van der Waals surface area (Å²) < 4.78 is 5.41. The lowest BCUT2D eigenvalue weighted by molar-refractivity contribution is 0.156. The molecule has 1 aliphatic heterocycles. The van der Waals surface area contributed by atoms with E-state index in [1.54, 1.807) is 0 Å². The normalized spacial score (nSPS) is 17.1. The van der Waals surface area contributed by atoms with Gasteiger partial charge in [-0.1, -0.05) is 5.10 Å². The Kier molecular flexibility index (Phi) is 2.18. The number of hydrogen-bond donors (Lipinski definition) is 0. The van der Waals surface area contributed by atoms with E-state index < -0.39 is 0 Å². The molecule has 1 saturated heterocycles. The SMILES string of the molecule is CN(C)c1nnc(CN2CCC2)o1. The number of anilines is 1. The van der Waals surface area contributed by atoms with Crippen LogP contribution in [0.5, 0.6) is 0 Å². The molecule has 0 saturated carbocycles. The van der Waals surface area contributed by atoms with Gasteiger partial charge in [0.2, 0.25) is 5.89 Å². The molecule has 13 heavy (non-hydrogen) atoms. The van der Waals surface area contributed by atoms with Gasteiger partial charge in [-0.3, -0.25) is 4.90 Å². The summed E-state index contributed by atoms with van der Waals surface area (Å²) >= 11 is 0. The van der Waals surface area contributed by atoms with Crippen molar-refractivity contribution < 1.29 is 4.42 Å². The van der Waals surface area contributed by atoms with Crippen LogP contribution in [-0.4, -0.2) is 42.3 Å². The summed E-state index contributed by atoms with van der Waals surface area (Å²) in [5.74, 6) is 0.711. The molecule has 2 rings (SSSR count). The Labute approximate surface area is 77.3 Å². The van der Waals surface area contributed by atoms with Gasteiger partial charge < -0.3 is 9.32 Å². The molecule has 72 valence electrons. The van der Waals surface area contributed by atoms with Gasteiger partial charge in [-0.25, -0.2) is 0 Å². The second-order valence-corrected chi connectivity index (χ2v) is 3.50. The van der Waals surface area contributed by atoms with E-state index in [1.165, 1.54) is 6.42 Å². The number of aromatic nitrogens is 2. The second kappa shape index (κ2) is 3.33. The van der Waals surface area contributed by atoms with Crippen LogP contribution in [0, 0.1) is 0 Å². The van der Waals surface area contributed by atoms with E-state index in [2.05, 4.69) is 15.1 Å². The molecule has 0 aromatic carbocycles. The number of rotatable bonds is 3. The topological polar surface area (TPSA) is 45.4 Å². The van der Waals surface area contributed by atoms with E-state index in [0.29, 0.717) is 11.9 Å². The van der Waals surface area contributed by atoms with E-state index in [0.717, 1.165) is 19.6 Å². The highest BCUT2D eigenvalue weighted by molar-refractivity contribution is 5.19. The number of nitrogens with zero attached hydrogens (tertiary/aromatic N) is 4. The summed E-state index contributed by atoms with van der Waals surface area (Å²) in [6, 6.07) is 0.579. The molecule has 5 heteroatoms. The highest BCUT2D eigenvalue weighted by Crippen LogP contribution is 2.14. The van der Waals surface area contributed by atoms with Crippen LogP contribution in [-0.2, 0) is 6.54 Å². The predicted molar refractivity (Wildman–Crippen MR) is 48.5 cm³/mol. The van der Waals surface area contributed by atoms with Gasteiger partial charge >= 0.3 is 6.01 Å². The van der Waals surface area contributed by atoms with Crippen molar-refractivity contribution in [3.05, 3.63) is 5.89 Å². The van der Waals surface area contributed by atoms with Crippen LogP contribution >= 0.6 is 0 Å². The molecule has 0 aliphatic carbocycles. The van der Waals surface area contributed by atoms with Gasteiger partial charge in [0.25, 0.3) is 0 Å². The van der Waals surface area contributed by atoms with Gasteiger partial charge in [0.05, 0.1) is 6.54 Å². The highest BCUT2D eigenvalue weighted by Gasteiger charge is 2.17. The average Bonchev–Trinajstić information content (AvgIpc) is 2.44. The summed E-state index contributed by atoms with van der Waals surface area (Å²) in [4.78, 5) is 4.10. The number of hydrogen-bond acceptors (Lipinski definition) is 5. The molecule has 2 heterocycles. The molecule has 0 spiro atoms. The maximum Gasteiger partial charge on any atom is 0.317 e. The Hall–Kier alpha value is -1.10. The zero-order valence-corrected chi connectivity index (χ0v) is 8.03. The Morgan fingerprint density at radius 2 is 2.15 bits per heavy atom. The maximum atomic E-state index is 5.41. The van der Waals surface area contributed by atoms with Gasteiger partial charge in [-0.15, -0.1) is 5.10 Å². The maximum absolute atomic E-state index is 5.41. The molecule has 0 unspecified atom stereocenters. The summed E-state index contributed by atoms with van der Waals surface area (Å²) in [7, 11) is 3.78. The third-order valence-electron chi connectivity index (χ3n) is 2.15. The molecule has 1 aromatic heterocycles. The lowest BCUT2D eigenvalue weighted by Gasteiger charge is -2.28. The molecule has 0 bridgehead atoms. The monoisotopic (exact) mass is 182 g/mol. The van der Waals surface area contributed by atoms with Crippen LogP contribution in [0.4, 0.5) is 6.01 Å². The van der Waals surface area contributed by atoms with Crippen molar-refractivity contribution in [2.24, 2.45) is 0 Å². The van der Waals surface area contributed by atoms with Crippen LogP contribution in [0.3, 0.4) is 0 Å². The Morgan fingerprint density at radius 3 is 2.62 bits per heavy atom. The Bertz CT molecular complexity index is 279. The van der Waals surface area contributed by atoms with Crippen LogP contribution in [0.15, 0.2) is 4.42 Å². The summed E-state index contributed by atoms with van der Waals surface area (Å²) in [6.45, 7) is 3.10. The van der Waals surface area contributed by atoms with E-state index in [-0.39, 0.29) is 0 Å². The van der Waals surface area contributed by atoms with Crippen molar-refractivity contribution >= 4 is 6.01 Å². The van der Waals surface area contributed by atoms with E-state index >= 15 is 0 Å². The molecule has 0 N–H and O–H groups in total. The van der Waals surface area contributed by atoms with Crippen molar-refractivity contribution in [3.8, 4) is 0 Å². The van der Waals surface area contributed by atoms with E-state index in [9.17, 15) is 0 Å². The number of likely N-dealkylation sites (tertiary alicyclic amines) is 1. The lowest BCUT2D eigenvalue weighted by Crippen LogP contribution is -2.36. The molecule has 5 nitrogen and oxygen atoms in total. The largest absolute Gasteiger partial charge is 0.407 e. The fourth-order valence-corrected chi connectivity index (χ4v) is 1.22. The third-order valence-corrected chi connectivity index (χ3v) is 2.15. The van der Waals surface area contributed by atoms with Crippen molar-refractivity contribution in [2.45, 2.75) is 13.0 Å². The van der Waals surface area contributed by atoms with Gasteiger partial charge in [-0.05, 0) is 19.5 Å². The molecule has 1 fully saturated rings. The van der Waals surface area contributed by atoms with Crippen LogP contribution in [0.2, 0.25) is 0 Å². The van der Waals surface area contributed by atoms with Crippen molar-refractivity contribution in [3.63, 3.8) is 0 Å². The molecular formula is C8H14N4O. The quantitative estimate of drug-likeness (QED) is 0.674. The molecular weight excluding hydrogens is 168 g/mol. The smallest absolute Gasteiger partial charge is 0.317 e. The summed E-state index contributed by atoms with van der Waals surface area (Å²) in [6.07, 6.45) is 1.29. The first-order valence-electron chi connectivity index (χ1n) is 4.48. The minimum atomic E-state index is 0.579. The second-order valence-electron chi connectivity index (χ2n) is 3.50. The van der Waals surface area contributed by atoms with Gasteiger partial charge in [0, 0.05) is 14.1 Å². The first-order chi connectivity index (χ1) is 6.25. The Balaban J connectivity index is 1.96. The standard InChI is InChI=1S/C8H14N4O/c1-11(2)8-10-9-7(13-8)6-12-4-3-5-12/h3-6H2,1-2H3. The minimum absolute atomic E-state index is 0.579. The van der Waals surface area contributed by atoms with E-state index in [4.69, 9.17) is 4.42 Å². The zero-order valence-electron chi connectivity index (χ0n) is 8.03. The first kappa shape index (κ1) is 8.50. The van der Waals surface area contributed by atoms with Gasteiger partial charge in [0.1, 0.15) is 0 Å². The van der Waals surface area contributed by atoms with Gasteiger partial charge in [0.15, 0.2) is 0 Å². The molecule has 1 aliphatic rings. The fourth-order valence-electron chi connectivity index (χ4n) is 1.22. The van der Waals surface area contributed by atoms with Gasteiger partial charge in [-0.2, -0.15) is 0 Å². The predicted octanol–water partition coefficient (Wildman–Crippen LogP) is 0.341. The zero-order chi connectivity index (χ0) is 9.26. The highest BCUT2D eigenvalue weighted by atomic mass is 16.4. The molecule has 0 atom stereocenters. The van der Waals surface area contributed by atoms with Crippen molar-refractivity contribution in [1.82, 2.24) is 15.1 Å².